The number of nitrogens with zero attached hydrogens (tertiary/aromatic N) is 3. The molecule has 0 bridgehead atoms. The van der Waals surface area contributed by atoms with Gasteiger partial charge in [0.1, 0.15) is 11.6 Å². The summed E-state index contributed by atoms with van der Waals surface area (Å²) >= 11 is 3.40. The fourth-order valence-electron chi connectivity index (χ4n) is 2.91. The number of fused-ring (bicyclic) bond motifs is 1. The molecular weight excluding hydrogens is 450 g/mol. The van der Waals surface area contributed by atoms with Crippen LogP contribution in [0.25, 0.3) is 10.9 Å². The van der Waals surface area contributed by atoms with Crippen LogP contribution in [0.5, 0.6) is 5.75 Å². The second-order valence-corrected chi connectivity index (χ2v) is 7.57. The molecule has 0 saturated heterocycles. The number of carbonyl (C=O) groups is 1. The quantitative estimate of drug-likeness (QED) is 0.385. The minimum atomic E-state index is -0.732. The molecule has 3 rings (SSSR count). The SMILES string of the molecule is CCCc1nc2ccc(Br)cc2c(=O)n1N=Cc1cccc(O[C@H](C)C(=O)OC)c1. The van der Waals surface area contributed by atoms with Crippen LogP contribution in [0, 0.1) is 0 Å². The van der Waals surface area contributed by atoms with E-state index in [-0.39, 0.29) is 5.56 Å². The molecule has 0 saturated carbocycles. The van der Waals surface area contributed by atoms with E-state index in [0.717, 1.165) is 10.9 Å². The summed E-state index contributed by atoms with van der Waals surface area (Å²) in [6.45, 7) is 3.64. The molecule has 0 spiro atoms. The molecule has 156 valence electrons. The fraction of sp³-hybridized carbons (Fsp3) is 0.273. The number of aryl methyl sites for hydroxylation is 1. The lowest BCUT2D eigenvalue weighted by molar-refractivity contribution is -0.147. The van der Waals surface area contributed by atoms with Gasteiger partial charge in [-0.1, -0.05) is 35.0 Å². The normalized spacial score (nSPS) is 12.3. The van der Waals surface area contributed by atoms with Crippen molar-refractivity contribution in [3.05, 3.63) is 68.7 Å². The number of hydrogen-bond donors (Lipinski definition) is 0. The molecule has 1 aromatic heterocycles. The van der Waals surface area contributed by atoms with Crippen LogP contribution >= 0.6 is 15.9 Å². The van der Waals surface area contributed by atoms with Crippen LogP contribution < -0.4 is 10.3 Å². The van der Waals surface area contributed by atoms with Gasteiger partial charge in [0.15, 0.2) is 6.10 Å². The Morgan fingerprint density at radius 3 is 2.83 bits per heavy atom. The van der Waals surface area contributed by atoms with Crippen LogP contribution in [0.4, 0.5) is 0 Å². The molecule has 7 nitrogen and oxygen atoms in total. The number of benzene rings is 2. The smallest absolute Gasteiger partial charge is 0.346 e. The molecule has 0 fully saturated rings. The predicted octanol–water partition coefficient (Wildman–Crippen LogP) is 3.93. The highest BCUT2D eigenvalue weighted by Gasteiger charge is 2.15. The van der Waals surface area contributed by atoms with Gasteiger partial charge in [-0.05, 0) is 49.2 Å². The maximum absolute atomic E-state index is 13.0. The van der Waals surface area contributed by atoms with Crippen molar-refractivity contribution in [1.82, 2.24) is 9.66 Å². The van der Waals surface area contributed by atoms with Gasteiger partial charge in [0.2, 0.25) is 0 Å². The summed E-state index contributed by atoms with van der Waals surface area (Å²) < 4.78 is 12.4. The zero-order valence-corrected chi connectivity index (χ0v) is 18.5. The molecule has 2 aromatic carbocycles. The summed E-state index contributed by atoms with van der Waals surface area (Å²) in [7, 11) is 1.31. The highest BCUT2D eigenvalue weighted by Crippen LogP contribution is 2.17. The molecule has 3 aromatic rings. The monoisotopic (exact) mass is 471 g/mol. The maximum Gasteiger partial charge on any atom is 0.346 e. The van der Waals surface area contributed by atoms with Crippen molar-refractivity contribution in [2.75, 3.05) is 7.11 Å². The molecule has 0 unspecified atom stereocenters. The third kappa shape index (κ3) is 4.94. The molecule has 8 heteroatoms. The number of carbonyl (C=O) groups excluding carboxylic acids is 1. The molecule has 0 radical (unpaired) electrons. The molecule has 0 N–H and O–H groups in total. The zero-order chi connectivity index (χ0) is 21.7. The number of methoxy groups -OCH3 is 1. The Balaban J connectivity index is 1.96. The van der Waals surface area contributed by atoms with E-state index < -0.39 is 12.1 Å². The predicted molar refractivity (Wildman–Crippen MR) is 119 cm³/mol. The Bertz CT molecular complexity index is 1160. The molecule has 0 aliphatic carbocycles. The Kier molecular flexibility index (Phi) is 6.99. The summed E-state index contributed by atoms with van der Waals surface area (Å²) in [6, 6.07) is 12.5. The standard InChI is InChI=1S/C22H22BrN3O4/c1-4-6-20-25-19-10-9-16(23)12-18(19)21(27)26(20)24-13-15-7-5-8-17(11-15)30-14(2)22(28)29-3/h5,7-14H,4,6H2,1-3H3/t14-/m1/s1. The number of aromatic nitrogens is 2. The highest BCUT2D eigenvalue weighted by molar-refractivity contribution is 9.10. The van der Waals surface area contributed by atoms with E-state index in [1.165, 1.54) is 11.8 Å². The molecular formula is C22H22BrN3O4. The minimum Gasteiger partial charge on any atom is -0.479 e. The zero-order valence-electron chi connectivity index (χ0n) is 17.0. The largest absolute Gasteiger partial charge is 0.479 e. The van der Waals surface area contributed by atoms with Gasteiger partial charge in [0, 0.05) is 10.9 Å². The first-order valence-corrected chi connectivity index (χ1v) is 10.3. The lowest BCUT2D eigenvalue weighted by Crippen LogP contribution is -2.24. The Morgan fingerprint density at radius 1 is 1.30 bits per heavy atom. The molecule has 0 aliphatic rings. The van der Waals surface area contributed by atoms with E-state index in [0.29, 0.717) is 34.5 Å². The van der Waals surface area contributed by atoms with E-state index in [9.17, 15) is 9.59 Å². The first-order chi connectivity index (χ1) is 14.4. The van der Waals surface area contributed by atoms with Crippen LogP contribution in [0.1, 0.15) is 31.7 Å². The summed E-state index contributed by atoms with van der Waals surface area (Å²) in [6.07, 6.45) is 2.29. The number of esters is 1. The van der Waals surface area contributed by atoms with Gasteiger partial charge in [0.25, 0.3) is 5.56 Å². The Morgan fingerprint density at radius 2 is 2.10 bits per heavy atom. The lowest BCUT2D eigenvalue weighted by atomic mass is 10.2. The van der Waals surface area contributed by atoms with Crippen LogP contribution in [0.15, 0.2) is 56.8 Å². The van der Waals surface area contributed by atoms with Crippen molar-refractivity contribution in [1.29, 1.82) is 0 Å². The lowest BCUT2D eigenvalue weighted by Gasteiger charge is -2.12. The van der Waals surface area contributed by atoms with Crippen LogP contribution in [0.3, 0.4) is 0 Å². The van der Waals surface area contributed by atoms with Gasteiger partial charge >= 0.3 is 5.97 Å². The molecule has 1 heterocycles. The van der Waals surface area contributed by atoms with Crippen LogP contribution in [-0.2, 0) is 16.0 Å². The third-order valence-corrected chi connectivity index (χ3v) is 4.87. The van der Waals surface area contributed by atoms with Crippen LogP contribution in [0.2, 0.25) is 0 Å². The van der Waals surface area contributed by atoms with E-state index >= 15 is 0 Å². The van der Waals surface area contributed by atoms with Crippen molar-refractivity contribution in [2.24, 2.45) is 5.10 Å². The van der Waals surface area contributed by atoms with Gasteiger partial charge in [-0.15, -0.1) is 0 Å². The molecule has 0 amide bonds. The first kappa shape index (κ1) is 21.7. The van der Waals surface area contributed by atoms with E-state index in [1.54, 1.807) is 37.4 Å². The Hall–Kier alpha value is -3.00. The average molecular weight is 472 g/mol. The van der Waals surface area contributed by atoms with Gasteiger partial charge in [-0.25, -0.2) is 9.78 Å². The van der Waals surface area contributed by atoms with Crippen molar-refractivity contribution in [2.45, 2.75) is 32.8 Å². The van der Waals surface area contributed by atoms with Crippen molar-refractivity contribution in [3.63, 3.8) is 0 Å². The summed E-state index contributed by atoms with van der Waals surface area (Å²) in [5, 5.41) is 4.89. The average Bonchev–Trinajstić information content (AvgIpc) is 2.74. The second kappa shape index (κ2) is 9.67. The van der Waals surface area contributed by atoms with Crippen molar-refractivity contribution < 1.29 is 14.3 Å². The molecule has 1 atom stereocenters. The van der Waals surface area contributed by atoms with Crippen LogP contribution in [-0.4, -0.2) is 35.1 Å². The fourth-order valence-corrected chi connectivity index (χ4v) is 3.27. The Labute approximate surface area is 182 Å². The summed E-state index contributed by atoms with van der Waals surface area (Å²) in [4.78, 5) is 29.2. The van der Waals surface area contributed by atoms with Gasteiger partial charge in [-0.3, -0.25) is 4.79 Å². The highest BCUT2D eigenvalue weighted by atomic mass is 79.9. The number of halogens is 1. The van der Waals surface area contributed by atoms with Gasteiger partial charge in [-0.2, -0.15) is 9.78 Å². The summed E-state index contributed by atoms with van der Waals surface area (Å²) in [5.74, 6) is 0.636. The van der Waals surface area contributed by atoms with Gasteiger partial charge < -0.3 is 9.47 Å². The topological polar surface area (TPSA) is 82.8 Å². The minimum absolute atomic E-state index is 0.229. The number of hydrogen-bond acceptors (Lipinski definition) is 6. The first-order valence-electron chi connectivity index (χ1n) is 9.53. The number of ether oxygens (including phenoxy) is 2. The third-order valence-electron chi connectivity index (χ3n) is 4.38. The van der Waals surface area contributed by atoms with E-state index in [2.05, 4.69) is 30.8 Å². The van der Waals surface area contributed by atoms with E-state index in [4.69, 9.17) is 4.74 Å². The van der Waals surface area contributed by atoms with E-state index in [1.807, 2.05) is 25.1 Å². The maximum atomic E-state index is 13.0. The van der Waals surface area contributed by atoms with Gasteiger partial charge in [0.05, 0.1) is 24.2 Å². The second-order valence-electron chi connectivity index (χ2n) is 6.66. The number of rotatable bonds is 7. The summed E-state index contributed by atoms with van der Waals surface area (Å²) in [5.41, 5.74) is 1.13. The molecule has 0 aliphatic heterocycles. The van der Waals surface area contributed by atoms with Crippen molar-refractivity contribution in [3.8, 4) is 5.75 Å². The van der Waals surface area contributed by atoms with Crippen molar-refractivity contribution >= 4 is 39.0 Å². The molecule has 30 heavy (non-hydrogen) atoms.